The number of nitrogens with zero attached hydrogens (tertiary/aromatic N) is 3. The molecular weight excluding hydrogens is 270 g/mol. The molecule has 0 aromatic heterocycles. The van der Waals surface area contributed by atoms with Crippen LogP contribution in [0.25, 0.3) is 10.8 Å². The Morgan fingerprint density at radius 3 is 2.41 bits per heavy atom. The van der Waals surface area contributed by atoms with Crippen LogP contribution in [0.4, 0.5) is 0 Å². The fourth-order valence-corrected chi connectivity index (χ4v) is 2.51. The third kappa shape index (κ3) is 2.83. The van der Waals surface area contributed by atoms with Crippen LogP contribution in [0.15, 0.2) is 48.6 Å². The van der Waals surface area contributed by atoms with Crippen molar-refractivity contribution < 1.29 is 0 Å². The van der Waals surface area contributed by atoms with Crippen molar-refractivity contribution in [3.63, 3.8) is 0 Å². The van der Waals surface area contributed by atoms with Crippen molar-refractivity contribution in [2.75, 3.05) is 0 Å². The van der Waals surface area contributed by atoms with Gasteiger partial charge in [-0.15, -0.1) is 0 Å². The van der Waals surface area contributed by atoms with Crippen LogP contribution < -0.4 is 0 Å². The number of nitriles is 3. The van der Waals surface area contributed by atoms with E-state index in [0.29, 0.717) is 12.0 Å². The minimum Gasteiger partial charge on any atom is -0.197 e. The highest BCUT2D eigenvalue weighted by atomic mass is 14.4. The first-order chi connectivity index (χ1) is 10.7. The number of benzene rings is 2. The summed E-state index contributed by atoms with van der Waals surface area (Å²) in [5, 5.41) is 30.3. The van der Waals surface area contributed by atoms with Gasteiger partial charge in [-0.05, 0) is 29.7 Å². The summed E-state index contributed by atoms with van der Waals surface area (Å²) in [6.45, 7) is 1.86. The maximum atomic E-state index is 9.50. The average molecular weight is 285 g/mol. The maximum Gasteiger partial charge on any atom is 0.151 e. The molecule has 0 heterocycles. The Balaban J connectivity index is 2.54. The van der Waals surface area contributed by atoms with E-state index in [2.05, 4.69) is 18.2 Å². The van der Waals surface area contributed by atoms with E-state index in [0.717, 1.165) is 16.3 Å². The molecule has 0 bridgehead atoms. The molecule has 0 spiro atoms. The molecule has 0 fully saturated rings. The summed E-state index contributed by atoms with van der Waals surface area (Å²) in [7, 11) is 0. The molecule has 0 aliphatic heterocycles. The summed E-state index contributed by atoms with van der Waals surface area (Å²) in [4.78, 5) is 0. The van der Waals surface area contributed by atoms with Gasteiger partial charge in [-0.2, -0.15) is 15.8 Å². The molecular formula is C19H15N3. The minimum absolute atomic E-state index is 0.248. The molecule has 0 amide bonds. The lowest BCUT2D eigenvalue weighted by Crippen LogP contribution is -2.19. The fraction of sp³-hybridized carbons (Fsp3) is 0.211. The van der Waals surface area contributed by atoms with E-state index in [9.17, 15) is 15.8 Å². The minimum atomic E-state index is -1.14. The van der Waals surface area contributed by atoms with E-state index in [-0.39, 0.29) is 6.42 Å². The standard InChI is InChI=1S/C19H15N3/c1-2-3-10-19(13-21,14-22)11-16-9-8-15-6-4-5-7-17(15)18(16)12-20/h2-9H,10-11H2,1H3/b3-2+. The van der Waals surface area contributed by atoms with Crippen molar-refractivity contribution in [3.8, 4) is 18.2 Å². The molecule has 2 aromatic carbocycles. The van der Waals surface area contributed by atoms with E-state index < -0.39 is 5.41 Å². The molecule has 2 aromatic rings. The van der Waals surface area contributed by atoms with Crippen LogP contribution in [-0.4, -0.2) is 0 Å². The van der Waals surface area contributed by atoms with Crippen LogP contribution in [0.1, 0.15) is 24.5 Å². The highest BCUT2D eigenvalue weighted by molar-refractivity contribution is 5.89. The van der Waals surface area contributed by atoms with Gasteiger partial charge < -0.3 is 0 Å². The number of hydrogen-bond donors (Lipinski definition) is 0. The van der Waals surface area contributed by atoms with Crippen LogP contribution in [0.3, 0.4) is 0 Å². The number of fused-ring (bicyclic) bond motifs is 1. The van der Waals surface area contributed by atoms with Crippen molar-refractivity contribution >= 4 is 10.8 Å². The van der Waals surface area contributed by atoms with Gasteiger partial charge in [0.05, 0.1) is 17.7 Å². The van der Waals surface area contributed by atoms with Crippen LogP contribution in [0.5, 0.6) is 0 Å². The molecule has 106 valence electrons. The van der Waals surface area contributed by atoms with Gasteiger partial charge in [0.25, 0.3) is 0 Å². The van der Waals surface area contributed by atoms with Gasteiger partial charge in [-0.25, -0.2) is 0 Å². The second-order valence-electron chi connectivity index (χ2n) is 5.19. The molecule has 0 atom stereocenters. The van der Waals surface area contributed by atoms with Gasteiger partial charge in [-0.3, -0.25) is 0 Å². The molecule has 3 heteroatoms. The first-order valence-electron chi connectivity index (χ1n) is 7.04. The van der Waals surface area contributed by atoms with E-state index >= 15 is 0 Å². The number of allylic oxidation sites excluding steroid dienone is 2. The zero-order valence-electron chi connectivity index (χ0n) is 12.4. The van der Waals surface area contributed by atoms with Crippen molar-refractivity contribution in [3.05, 3.63) is 59.7 Å². The predicted octanol–water partition coefficient (Wildman–Crippen LogP) is 4.25. The number of hydrogen-bond acceptors (Lipinski definition) is 3. The largest absolute Gasteiger partial charge is 0.197 e. The summed E-state index contributed by atoms with van der Waals surface area (Å²) in [5.41, 5.74) is 0.155. The Morgan fingerprint density at radius 1 is 1.05 bits per heavy atom. The van der Waals surface area contributed by atoms with Crippen LogP contribution >= 0.6 is 0 Å². The molecule has 0 saturated carbocycles. The fourth-order valence-electron chi connectivity index (χ4n) is 2.51. The van der Waals surface area contributed by atoms with Gasteiger partial charge in [0.1, 0.15) is 6.07 Å². The SMILES string of the molecule is C/C=C/CC(C#N)(C#N)Cc1ccc2ccccc2c1C#N. The Bertz CT molecular complexity index is 828. The van der Waals surface area contributed by atoms with Crippen LogP contribution in [0.2, 0.25) is 0 Å². The van der Waals surface area contributed by atoms with Gasteiger partial charge >= 0.3 is 0 Å². The monoisotopic (exact) mass is 285 g/mol. The van der Waals surface area contributed by atoms with E-state index in [1.165, 1.54) is 0 Å². The van der Waals surface area contributed by atoms with Crippen molar-refractivity contribution in [1.82, 2.24) is 0 Å². The lowest BCUT2D eigenvalue weighted by atomic mass is 9.79. The molecule has 2 rings (SSSR count). The second kappa shape index (κ2) is 6.57. The predicted molar refractivity (Wildman–Crippen MR) is 85.5 cm³/mol. The van der Waals surface area contributed by atoms with Crippen molar-refractivity contribution in [2.45, 2.75) is 19.8 Å². The van der Waals surface area contributed by atoms with Crippen LogP contribution in [0, 0.1) is 39.4 Å². The average Bonchev–Trinajstić information content (AvgIpc) is 2.58. The van der Waals surface area contributed by atoms with E-state index in [1.807, 2.05) is 55.5 Å². The Labute approximate surface area is 130 Å². The summed E-state index contributed by atoms with van der Waals surface area (Å²) >= 11 is 0. The molecule has 3 nitrogen and oxygen atoms in total. The molecule has 0 N–H and O–H groups in total. The zero-order chi connectivity index (χ0) is 16.0. The number of rotatable bonds is 4. The molecule has 22 heavy (non-hydrogen) atoms. The molecule has 0 saturated heterocycles. The van der Waals surface area contributed by atoms with Crippen molar-refractivity contribution in [1.29, 1.82) is 15.8 Å². The van der Waals surface area contributed by atoms with E-state index in [4.69, 9.17) is 0 Å². The first-order valence-corrected chi connectivity index (χ1v) is 7.04. The summed E-state index contributed by atoms with van der Waals surface area (Å²) in [6.07, 6.45) is 4.25. The maximum absolute atomic E-state index is 9.50. The normalized spacial score (nSPS) is 11.0. The quantitative estimate of drug-likeness (QED) is 0.788. The Kier molecular flexibility index (Phi) is 4.57. The highest BCUT2D eigenvalue weighted by Crippen LogP contribution is 2.30. The summed E-state index contributed by atoms with van der Waals surface area (Å²) in [6, 6.07) is 17.9. The Morgan fingerprint density at radius 2 is 1.77 bits per heavy atom. The molecule has 0 radical (unpaired) electrons. The third-order valence-electron chi connectivity index (χ3n) is 3.75. The van der Waals surface area contributed by atoms with E-state index in [1.54, 1.807) is 0 Å². The first kappa shape index (κ1) is 15.3. The molecule has 0 unspecified atom stereocenters. The molecule has 0 aliphatic carbocycles. The smallest absolute Gasteiger partial charge is 0.151 e. The van der Waals surface area contributed by atoms with Gasteiger partial charge in [0.2, 0.25) is 0 Å². The lowest BCUT2D eigenvalue weighted by Gasteiger charge is -2.18. The highest BCUT2D eigenvalue weighted by Gasteiger charge is 2.30. The van der Waals surface area contributed by atoms with Crippen LogP contribution in [-0.2, 0) is 6.42 Å². The summed E-state index contributed by atoms with van der Waals surface area (Å²) < 4.78 is 0. The Hall–Kier alpha value is -3.09. The molecule has 0 aliphatic rings. The third-order valence-corrected chi connectivity index (χ3v) is 3.75. The summed E-state index contributed by atoms with van der Waals surface area (Å²) in [5.74, 6) is 0. The lowest BCUT2D eigenvalue weighted by molar-refractivity contribution is 0.526. The van der Waals surface area contributed by atoms with Gasteiger partial charge in [0, 0.05) is 6.42 Å². The zero-order valence-corrected chi connectivity index (χ0v) is 12.4. The topological polar surface area (TPSA) is 71.4 Å². The van der Waals surface area contributed by atoms with Gasteiger partial charge in [0.15, 0.2) is 5.41 Å². The van der Waals surface area contributed by atoms with Crippen molar-refractivity contribution in [2.24, 2.45) is 5.41 Å². The second-order valence-corrected chi connectivity index (χ2v) is 5.19. The van der Waals surface area contributed by atoms with Gasteiger partial charge in [-0.1, -0.05) is 48.6 Å².